The van der Waals surface area contributed by atoms with Crippen LogP contribution in [-0.4, -0.2) is 11.3 Å². The van der Waals surface area contributed by atoms with Gasteiger partial charge in [0.1, 0.15) is 5.76 Å². The van der Waals surface area contributed by atoms with Gasteiger partial charge >= 0.3 is 0 Å². The number of hydrogen-bond acceptors (Lipinski definition) is 3. The lowest BCUT2D eigenvalue weighted by Crippen LogP contribution is -1.80. The number of aromatic nitrogens is 1. The zero-order valence-electron chi connectivity index (χ0n) is 8.96. The van der Waals surface area contributed by atoms with Crippen LogP contribution in [-0.2, 0) is 0 Å². The van der Waals surface area contributed by atoms with Gasteiger partial charge in [-0.25, -0.2) is 0 Å². The van der Waals surface area contributed by atoms with Gasteiger partial charge in [0, 0.05) is 23.3 Å². The molecular weight excluding hydrogens is 214 g/mol. The Labute approximate surface area is 97.7 Å². The van der Waals surface area contributed by atoms with Crippen LogP contribution in [0.15, 0.2) is 53.2 Å². The first-order valence-electron chi connectivity index (χ1n) is 5.26. The van der Waals surface area contributed by atoms with Crippen LogP contribution in [0.25, 0.3) is 22.1 Å². The summed E-state index contributed by atoms with van der Waals surface area (Å²) in [6.45, 7) is 0. The van der Waals surface area contributed by atoms with Crippen molar-refractivity contribution in [3.8, 4) is 11.3 Å². The Balaban J connectivity index is 2.26. The minimum absolute atomic E-state index is 0.334. The lowest BCUT2D eigenvalue weighted by atomic mass is 10.1. The second-order valence-corrected chi connectivity index (χ2v) is 3.72. The Kier molecular flexibility index (Phi) is 2.22. The van der Waals surface area contributed by atoms with Crippen LogP contribution in [0.3, 0.4) is 0 Å². The van der Waals surface area contributed by atoms with Gasteiger partial charge in [-0.15, -0.1) is 0 Å². The molecule has 0 atom stereocenters. The lowest BCUT2D eigenvalue weighted by Gasteiger charge is -2.02. The largest absolute Gasteiger partial charge is 0.453 e. The first-order valence-corrected chi connectivity index (χ1v) is 5.26. The fourth-order valence-electron chi connectivity index (χ4n) is 1.89. The molecule has 0 aliphatic heterocycles. The average Bonchev–Trinajstić information content (AvgIpc) is 2.87. The summed E-state index contributed by atoms with van der Waals surface area (Å²) in [6, 6.07) is 11.3. The van der Waals surface area contributed by atoms with Crippen molar-refractivity contribution in [3.05, 3.63) is 54.6 Å². The van der Waals surface area contributed by atoms with E-state index in [9.17, 15) is 4.79 Å². The second-order valence-electron chi connectivity index (χ2n) is 3.72. The van der Waals surface area contributed by atoms with E-state index in [1.165, 1.54) is 0 Å². The minimum atomic E-state index is 0.334. The van der Waals surface area contributed by atoms with Crippen molar-refractivity contribution in [2.24, 2.45) is 0 Å². The highest BCUT2D eigenvalue weighted by atomic mass is 16.3. The molecule has 2 heterocycles. The third-order valence-electron chi connectivity index (χ3n) is 2.69. The zero-order valence-corrected chi connectivity index (χ0v) is 8.96. The van der Waals surface area contributed by atoms with E-state index in [-0.39, 0.29) is 0 Å². The molecule has 0 radical (unpaired) electrons. The molecule has 82 valence electrons. The number of hydrogen-bond donors (Lipinski definition) is 0. The van der Waals surface area contributed by atoms with E-state index in [1.807, 2.05) is 24.3 Å². The summed E-state index contributed by atoms with van der Waals surface area (Å²) >= 11 is 0. The van der Waals surface area contributed by atoms with Crippen molar-refractivity contribution < 1.29 is 9.21 Å². The van der Waals surface area contributed by atoms with Gasteiger partial charge in [-0.2, -0.15) is 0 Å². The fraction of sp³-hybridized carbons (Fsp3) is 0. The average molecular weight is 223 g/mol. The van der Waals surface area contributed by atoms with Crippen molar-refractivity contribution in [1.82, 2.24) is 4.98 Å². The van der Waals surface area contributed by atoms with E-state index < -0.39 is 0 Å². The quantitative estimate of drug-likeness (QED) is 0.626. The molecule has 0 aliphatic rings. The normalized spacial score (nSPS) is 10.6. The monoisotopic (exact) mass is 223 g/mol. The standard InChI is InChI=1S/C14H9NO2/c16-9-11-4-5-14(17-11)12-3-1-2-10-6-7-15-8-13(10)12/h1-9H. The molecular formula is C14H9NO2. The summed E-state index contributed by atoms with van der Waals surface area (Å²) in [5, 5.41) is 2.11. The molecule has 17 heavy (non-hydrogen) atoms. The summed E-state index contributed by atoms with van der Waals surface area (Å²) in [5.74, 6) is 1.02. The number of aldehydes is 1. The molecule has 0 bridgehead atoms. The van der Waals surface area contributed by atoms with E-state index in [0.29, 0.717) is 17.8 Å². The van der Waals surface area contributed by atoms with Gasteiger partial charge < -0.3 is 4.42 Å². The van der Waals surface area contributed by atoms with Gasteiger partial charge in [0.25, 0.3) is 0 Å². The summed E-state index contributed by atoms with van der Waals surface area (Å²) in [5.41, 5.74) is 0.948. The number of fused-ring (bicyclic) bond motifs is 1. The Hall–Kier alpha value is -2.42. The van der Waals surface area contributed by atoms with Crippen molar-refractivity contribution >= 4 is 17.1 Å². The molecule has 0 saturated heterocycles. The number of pyridine rings is 1. The third kappa shape index (κ3) is 1.61. The van der Waals surface area contributed by atoms with Crippen LogP contribution in [0.2, 0.25) is 0 Å². The Morgan fingerprint density at radius 3 is 2.88 bits per heavy atom. The second kappa shape index (κ2) is 3.87. The molecule has 0 fully saturated rings. The van der Waals surface area contributed by atoms with Crippen molar-refractivity contribution in [2.75, 3.05) is 0 Å². The van der Waals surface area contributed by atoms with Gasteiger partial charge in [-0.05, 0) is 23.6 Å². The van der Waals surface area contributed by atoms with Gasteiger partial charge in [0.2, 0.25) is 0 Å². The molecule has 2 aromatic heterocycles. The van der Waals surface area contributed by atoms with Gasteiger partial charge in [0.05, 0.1) is 0 Å². The maximum Gasteiger partial charge on any atom is 0.185 e. The molecule has 0 N–H and O–H groups in total. The SMILES string of the molecule is O=Cc1ccc(-c2cccc3ccncc23)o1. The van der Waals surface area contributed by atoms with Gasteiger partial charge in [0.15, 0.2) is 12.0 Å². The summed E-state index contributed by atoms with van der Waals surface area (Å²) in [6.07, 6.45) is 4.26. The summed E-state index contributed by atoms with van der Waals surface area (Å²) in [7, 11) is 0. The van der Waals surface area contributed by atoms with Crippen LogP contribution in [0.4, 0.5) is 0 Å². The van der Waals surface area contributed by atoms with E-state index in [4.69, 9.17) is 4.42 Å². The minimum Gasteiger partial charge on any atom is -0.453 e. The van der Waals surface area contributed by atoms with E-state index >= 15 is 0 Å². The first-order chi connectivity index (χ1) is 8.38. The number of carbonyl (C=O) groups is 1. The van der Waals surface area contributed by atoms with Crippen LogP contribution in [0.1, 0.15) is 10.6 Å². The Morgan fingerprint density at radius 2 is 2.06 bits per heavy atom. The van der Waals surface area contributed by atoms with E-state index in [0.717, 1.165) is 16.3 Å². The molecule has 0 spiro atoms. The molecule has 1 aromatic carbocycles. The number of rotatable bonds is 2. The Bertz CT molecular complexity index is 680. The Morgan fingerprint density at radius 1 is 1.12 bits per heavy atom. The summed E-state index contributed by atoms with van der Waals surface area (Å²) < 4.78 is 5.43. The molecule has 3 heteroatoms. The topological polar surface area (TPSA) is 43.1 Å². The van der Waals surface area contributed by atoms with Gasteiger partial charge in [-0.3, -0.25) is 9.78 Å². The number of nitrogens with zero attached hydrogens (tertiary/aromatic N) is 1. The number of benzene rings is 1. The van der Waals surface area contributed by atoms with Crippen LogP contribution in [0.5, 0.6) is 0 Å². The maximum atomic E-state index is 10.6. The summed E-state index contributed by atoms with van der Waals surface area (Å²) in [4.78, 5) is 14.7. The molecule has 0 saturated carbocycles. The highest BCUT2D eigenvalue weighted by Gasteiger charge is 2.07. The van der Waals surface area contributed by atoms with Gasteiger partial charge in [-0.1, -0.05) is 18.2 Å². The highest BCUT2D eigenvalue weighted by molar-refractivity contribution is 5.95. The van der Waals surface area contributed by atoms with E-state index in [1.54, 1.807) is 24.5 Å². The first kappa shape index (κ1) is 9.78. The fourth-order valence-corrected chi connectivity index (χ4v) is 1.89. The molecule has 3 rings (SSSR count). The third-order valence-corrected chi connectivity index (χ3v) is 2.69. The zero-order chi connectivity index (χ0) is 11.7. The van der Waals surface area contributed by atoms with Crippen LogP contribution < -0.4 is 0 Å². The van der Waals surface area contributed by atoms with Crippen LogP contribution in [0, 0.1) is 0 Å². The lowest BCUT2D eigenvalue weighted by molar-refractivity contribution is 0.110. The van der Waals surface area contributed by atoms with E-state index in [2.05, 4.69) is 4.98 Å². The number of carbonyl (C=O) groups excluding carboxylic acids is 1. The molecule has 3 nitrogen and oxygen atoms in total. The van der Waals surface area contributed by atoms with Crippen molar-refractivity contribution in [1.29, 1.82) is 0 Å². The highest BCUT2D eigenvalue weighted by Crippen LogP contribution is 2.28. The molecule has 0 aliphatic carbocycles. The predicted octanol–water partition coefficient (Wildman–Crippen LogP) is 3.31. The predicted molar refractivity (Wildman–Crippen MR) is 64.8 cm³/mol. The molecule has 0 unspecified atom stereocenters. The smallest absolute Gasteiger partial charge is 0.185 e. The molecule has 3 aromatic rings. The maximum absolute atomic E-state index is 10.6. The van der Waals surface area contributed by atoms with Crippen molar-refractivity contribution in [2.45, 2.75) is 0 Å². The number of furan rings is 1. The molecule has 0 amide bonds. The van der Waals surface area contributed by atoms with Crippen molar-refractivity contribution in [3.63, 3.8) is 0 Å². The van der Waals surface area contributed by atoms with Crippen LogP contribution >= 0.6 is 0 Å².